The first-order chi connectivity index (χ1) is 41.2. The fraction of sp³-hybridized carbons (Fsp3) is 0.778. The van der Waals surface area contributed by atoms with Crippen molar-refractivity contribution < 1.29 is 72.5 Å². The summed E-state index contributed by atoms with van der Waals surface area (Å²) in [6.45, 7) is 25.4. The zero-order chi connectivity index (χ0) is 68.5. The fourth-order valence-electron chi connectivity index (χ4n) is 11.5. The van der Waals surface area contributed by atoms with Gasteiger partial charge in [0.2, 0.25) is 65.0 Å². The predicted molar refractivity (Wildman–Crippen MR) is 334 cm³/mol. The van der Waals surface area contributed by atoms with Crippen molar-refractivity contribution in [3.05, 3.63) is 12.2 Å². The molecule has 506 valence electrons. The minimum absolute atomic E-state index is 0.0938. The van der Waals surface area contributed by atoms with Crippen LogP contribution in [0.15, 0.2) is 12.2 Å². The molecule has 89 heavy (non-hydrogen) atoms. The Hall–Kier alpha value is -6.70. The Balaban J connectivity index is 3.05. The lowest BCUT2D eigenvalue weighted by Crippen LogP contribution is -2.64. The van der Waals surface area contributed by atoms with Gasteiger partial charge in [0, 0.05) is 55.6 Å². The molecule has 2 fully saturated rings. The van der Waals surface area contributed by atoms with E-state index in [-0.39, 0.29) is 62.8 Å². The van der Waals surface area contributed by atoms with Crippen LogP contribution in [0, 0.1) is 35.5 Å². The monoisotopic (exact) mass is 1260 g/mol. The van der Waals surface area contributed by atoms with Gasteiger partial charge in [-0.15, -0.1) is 0 Å². The number of aliphatic hydroxyl groups excluding tert-OH is 2. The Morgan fingerprint density at radius 3 is 1.48 bits per heavy atom. The maximum Gasteiger partial charge on any atom is 0.302 e. The van der Waals surface area contributed by atoms with Crippen LogP contribution in [0.5, 0.6) is 0 Å². The number of likely N-dealkylation sites (N-methyl/N-ethyl adjacent to an activating group) is 6. The lowest BCUT2D eigenvalue weighted by Gasteiger charge is -2.41. The van der Waals surface area contributed by atoms with Gasteiger partial charge in [-0.2, -0.15) is 0 Å². The number of carbonyl (C=O) groups excluding carboxylic acids is 12. The number of hydrogen-bond acceptors (Lipinski definition) is 15. The van der Waals surface area contributed by atoms with Crippen molar-refractivity contribution in [1.82, 2.24) is 55.6 Å². The highest BCUT2D eigenvalue weighted by atomic mass is 16.5. The molecular formula is C63H109N11O15. The molecule has 0 aromatic carbocycles. The maximum atomic E-state index is 15.3. The number of esters is 1. The largest absolute Gasteiger partial charge is 0.461 e. The van der Waals surface area contributed by atoms with Crippen molar-refractivity contribution in [2.24, 2.45) is 35.5 Å². The number of amides is 11. The fourth-order valence-corrected chi connectivity index (χ4v) is 11.5. The van der Waals surface area contributed by atoms with E-state index < -0.39 is 174 Å². The van der Waals surface area contributed by atoms with Crippen molar-refractivity contribution in [2.45, 2.75) is 228 Å². The second-order valence-corrected chi connectivity index (χ2v) is 26.4. The second-order valence-electron chi connectivity index (χ2n) is 26.4. The highest BCUT2D eigenvalue weighted by molar-refractivity contribution is 6.00. The number of ether oxygens (including phenoxy) is 1. The summed E-state index contributed by atoms with van der Waals surface area (Å²) in [5, 5.41) is 33.7. The summed E-state index contributed by atoms with van der Waals surface area (Å²) >= 11 is 0. The molecule has 0 aliphatic carbocycles. The Kier molecular flexibility index (Phi) is 30.9. The molecule has 14 atom stereocenters. The van der Waals surface area contributed by atoms with Crippen LogP contribution >= 0.6 is 0 Å². The molecule has 0 aromatic heterocycles. The van der Waals surface area contributed by atoms with E-state index in [1.54, 1.807) is 60.6 Å². The van der Waals surface area contributed by atoms with Crippen LogP contribution in [0.25, 0.3) is 0 Å². The third-order valence-corrected chi connectivity index (χ3v) is 16.9. The maximum absolute atomic E-state index is 15.3. The van der Waals surface area contributed by atoms with Gasteiger partial charge in [0.05, 0.1) is 19.3 Å². The Labute approximate surface area is 528 Å². The predicted octanol–water partition coefficient (Wildman–Crippen LogP) is 1.29. The van der Waals surface area contributed by atoms with Crippen molar-refractivity contribution in [3.63, 3.8) is 0 Å². The third kappa shape index (κ3) is 20.7. The minimum atomic E-state index is -1.71. The number of rotatable bonds is 15. The summed E-state index contributed by atoms with van der Waals surface area (Å²) in [5.41, 5.74) is 0. The molecule has 0 saturated carbocycles. The van der Waals surface area contributed by atoms with E-state index >= 15 is 14.4 Å². The first-order valence-corrected chi connectivity index (χ1v) is 31.4. The SMILES string of the molecule is C/C=C/C[C@@H](C)[C@@H](O)[C@H]1C(=O)N[C@@H](CC)C(=O)N2CC(OC(C)=O)C[C@@H]2C(=O)N(C)[C@@H](CO)C(=O)N[C@@H](C(C)C)C(=O)N(C)[C@@H](CC(C)C)C(=O)N[C@@H](C)C(=O)N[C@H](C)C(=O)N(C)[C@@H](CC(C)C)C(=O)N(C)[C@@H](CC(C)C)C(=O)N(C)[C@@H](C(C)C)C(=O)N1C. The molecule has 0 aromatic rings. The highest BCUT2D eigenvalue weighted by Gasteiger charge is 2.49. The van der Waals surface area contributed by atoms with E-state index in [0.29, 0.717) is 0 Å². The molecule has 2 aliphatic heterocycles. The average Bonchev–Trinajstić information content (AvgIpc) is 1.98. The first kappa shape index (κ1) is 78.4. The molecule has 0 radical (unpaired) electrons. The van der Waals surface area contributed by atoms with E-state index in [1.165, 1.54) is 70.8 Å². The minimum Gasteiger partial charge on any atom is -0.461 e. The standard InChI is InChI=1S/C63H109N11O15/c1-23-25-26-38(13)52(77)51-56(81)66-43(24-2)58(83)74-31-42(89-41(16)76)30-47(74)61(86)71(20)48(32-75)55(80)67-49(36(9)10)62(87)68(17)44(27-33(3)4)54(79)64-39(14)53(78)65-40(15)57(82)69(18)45(28-34(5)6)59(84)70(19)46(29-35(7)8)60(85)72(21)50(37(11)12)63(88)73(51)22/h23,25,33-40,42-52,75,77H,24,26-32H2,1-22H3,(H,64,79)(H,65,78)(H,66,81)(H,67,80)/b25-23+/t38-,39+,40-,42?,43+,44+,45+,46+,47-,48+,49+,50+,51+,52-/m1/s1. The van der Waals surface area contributed by atoms with Crippen LogP contribution < -0.4 is 21.3 Å². The van der Waals surface area contributed by atoms with Gasteiger partial charge in [-0.05, 0) is 88.4 Å². The zero-order valence-corrected chi connectivity index (χ0v) is 57.1. The van der Waals surface area contributed by atoms with Gasteiger partial charge in [0.15, 0.2) is 0 Å². The Bertz CT molecular complexity index is 2520. The van der Waals surface area contributed by atoms with E-state index in [2.05, 4.69) is 21.3 Å². The summed E-state index contributed by atoms with van der Waals surface area (Å²) in [5.74, 6) is -11.8. The topological polar surface area (TPSA) is 325 Å². The highest BCUT2D eigenvalue weighted by Crippen LogP contribution is 2.28. The van der Waals surface area contributed by atoms with Crippen molar-refractivity contribution >= 4 is 70.9 Å². The summed E-state index contributed by atoms with van der Waals surface area (Å²) in [6.07, 6.45) is 1.11. The molecular weight excluding hydrogens is 1150 g/mol. The van der Waals surface area contributed by atoms with Crippen LogP contribution in [-0.4, -0.2) is 250 Å². The van der Waals surface area contributed by atoms with Gasteiger partial charge >= 0.3 is 5.97 Å². The van der Waals surface area contributed by atoms with Crippen LogP contribution in [0.1, 0.15) is 149 Å². The lowest BCUT2D eigenvalue weighted by atomic mass is 9.91. The molecule has 2 heterocycles. The van der Waals surface area contributed by atoms with Crippen molar-refractivity contribution in [3.8, 4) is 0 Å². The molecule has 0 spiro atoms. The van der Waals surface area contributed by atoms with Crippen LogP contribution in [0.3, 0.4) is 0 Å². The molecule has 26 heteroatoms. The van der Waals surface area contributed by atoms with E-state index in [9.17, 15) is 53.4 Å². The van der Waals surface area contributed by atoms with Gasteiger partial charge in [0.25, 0.3) is 0 Å². The number of hydrogen-bond donors (Lipinski definition) is 6. The number of nitrogens with one attached hydrogen (secondary N) is 4. The number of nitrogens with zero attached hydrogens (tertiary/aromatic N) is 7. The molecule has 26 nitrogen and oxygen atoms in total. The number of fused-ring (bicyclic) bond motifs is 1. The number of allylic oxidation sites excluding steroid dienone is 2. The molecule has 2 aliphatic rings. The Morgan fingerprint density at radius 2 is 1.01 bits per heavy atom. The van der Waals surface area contributed by atoms with Crippen molar-refractivity contribution in [2.75, 3.05) is 55.4 Å². The lowest BCUT2D eigenvalue weighted by molar-refractivity contribution is -0.157. The average molecular weight is 1260 g/mol. The number of carbonyl (C=O) groups is 12. The summed E-state index contributed by atoms with van der Waals surface area (Å²) in [4.78, 5) is 182. The normalized spacial score (nSPS) is 28.4. The zero-order valence-electron chi connectivity index (χ0n) is 57.1. The van der Waals surface area contributed by atoms with E-state index in [4.69, 9.17) is 4.74 Å². The molecule has 6 N–H and O–H groups in total. The van der Waals surface area contributed by atoms with Crippen LogP contribution in [0.4, 0.5) is 0 Å². The van der Waals surface area contributed by atoms with Crippen LogP contribution in [0.2, 0.25) is 0 Å². The molecule has 2 saturated heterocycles. The van der Waals surface area contributed by atoms with E-state index in [1.807, 2.05) is 41.5 Å². The Morgan fingerprint density at radius 1 is 0.551 bits per heavy atom. The quantitative estimate of drug-likeness (QED) is 0.0994. The van der Waals surface area contributed by atoms with Gasteiger partial charge in [-0.1, -0.05) is 95.2 Å². The molecule has 1 unspecified atom stereocenters. The van der Waals surface area contributed by atoms with Gasteiger partial charge < -0.3 is 70.5 Å². The van der Waals surface area contributed by atoms with E-state index in [0.717, 1.165) is 26.5 Å². The smallest absolute Gasteiger partial charge is 0.302 e. The van der Waals surface area contributed by atoms with Crippen LogP contribution in [-0.2, 0) is 62.3 Å². The third-order valence-electron chi connectivity index (χ3n) is 16.9. The van der Waals surface area contributed by atoms with Crippen molar-refractivity contribution in [1.29, 1.82) is 0 Å². The first-order valence-electron chi connectivity index (χ1n) is 31.4. The molecule has 2 rings (SSSR count). The van der Waals surface area contributed by atoms with Gasteiger partial charge in [-0.3, -0.25) is 57.5 Å². The summed E-state index contributed by atoms with van der Waals surface area (Å²) in [6, 6.07) is -15.1. The van der Waals surface area contributed by atoms with Gasteiger partial charge in [0.1, 0.15) is 72.6 Å². The second kappa shape index (κ2) is 35.0. The summed E-state index contributed by atoms with van der Waals surface area (Å²) in [7, 11) is 8.14. The summed E-state index contributed by atoms with van der Waals surface area (Å²) < 4.78 is 5.52. The molecule has 0 bridgehead atoms. The number of aliphatic hydroxyl groups is 2. The van der Waals surface area contributed by atoms with Gasteiger partial charge in [-0.25, -0.2) is 0 Å². The molecule has 11 amide bonds.